The SMILES string of the molecule is CSc1ccc(C[NH+](C)CC(=O)NCCNc2ccc([N+](=O)[O-])cc2)cc1. The smallest absolute Gasteiger partial charge is 0.275 e. The van der Waals surface area contributed by atoms with E-state index in [1.165, 1.54) is 22.6 Å². The van der Waals surface area contributed by atoms with Crippen LogP contribution in [0.2, 0.25) is 0 Å². The number of carbonyl (C=O) groups is 1. The van der Waals surface area contributed by atoms with Gasteiger partial charge in [-0.2, -0.15) is 0 Å². The number of non-ortho nitro benzene ring substituents is 1. The second kappa shape index (κ2) is 10.5. The van der Waals surface area contributed by atoms with Gasteiger partial charge in [-0.15, -0.1) is 11.8 Å². The van der Waals surface area contributed by atoms with Crippen LogP contribution in [0.3, 0.4) is 0 Å². The number of nitro groups is 1. The van der Waals surface area contributed by atoms with Crippen molar-refractivity contribution in [3.63, 3.8) is 0 Å². The Balaban J connectivity index is 1.65. The van der Waals surface area contributed by atoms with Crippen molar-refractivity contribution in [1.29, 1.82) is 0 Å². The lowest BCUT2D eigenvalue weighted by Gasteiger charge is -2.14. The maximum absolute atomic E-state index is 12.0. The van der Waals surface area contributed by atoms with Crippen LogP contribution in [-0.4, -0.2) is 43.8 Å². The van der Waals surface area contributed by atoms with Crippen LogP contribution >= 0.6 is 11.8 Å². The van der Waals surface area contributed by atoms with Crippen LogP contribution in [0.1, 0.15) is 5.56 Å². The summed E-state index contributed by atoms with van der Waals surface area (Å²) in [5.74, 6) is -0.00117. The van der Waals surface area contributed by atoms with Crippen LogP contribution in [-0.2, 0) is 11.3 Å². The Hall–Kier alpha value is -2.58. The van der Waals surface area contributed by atoms with E-state index >= 15 is 0 Å². The second-order valence-electron chi connectivity index (χ2n) is 6.24. The average Bonchev–Trinajstić information content (AvgIpc) is 2.66. The minimum Gasteiger partial charge on any atom is -0.383 e. The summed E-state index contributed by atoms with van der Waals surface area (Å²) in [6.07, 6.45) is 2.05. The number of rotatable bonds is 10. The van der Waals surface area contributed by atoms with Crippen molar-refractivity contribution in [1.82, 2.24) is 5.32 Å². The van der Waals surface area contributed by atoms with Gasteiger partial charge in [-0.25, -0.2) is 0 Å². The van der Waals surface area contributed by atoms with Gasteiger partial charge >= 0.3 is 0 Å². The number of nitrogens with one attached hydrogen (secondary N) is 3. The Kier molecular flexibility index (Phi) is 8.09. The molecule has 1 atom stereocenters. The van der Waals surface area contributed by atoms with Crippen molar-refractivity contribution in [3.8, 4) is 0 Å². The summed E-state index contributed by atoms with van der Waals surface area (Å²) in [7, 11) is 2.00. The van der Waals surface area contributed by atoms with E-state index in [-0.39, 0.29) is 11.6 Å². The summed E-state index contributed by atoms with van der Waals surface area (Å²) in [5, 5.41) is 16.6. The minimum absolute atomic E-state index is 0.00117. The van der Waals surface area contributed by atoms with E-state index in [1.54, 1.807) is 23.9 Å². The summed E-state index contributed by atoms with van der Waals surface area (Å²) in [6, 6.07) is 14.6. The number of nitrogens with zero attached hydrogens (tertiary/aromatic N) is 1. The number of quaternary nitrogens is 1. The van der Waals surface area contributed by atoms with E-state index in [2.05, 4.69) is 34.9 Å². The van der Waals surface area contributed by atoms with E-state index in [4.69, 9.17) is 0 Å². The molecular formula is C19H25N4O3S+. The van der Waals surface area contributed by atoms with Gasteiger partial charge in [0.05, 0.1) is 12.0 Å². The molecule has 144 valence electrons. The highest BCUT2D eigenvalue weighted by Crippen LogP contribution is 2.15. The third-order valence-electron chi connectivity index (χ3n) is 3.98. The molecule has 0 aliphatic heterocycles. The first-order chi connectivity index (χ1) is 13.0. The molecule has 0 radical (unpaired) electrons. The fraction of sp³-hybridized carbons (Fsp3) is 0.316. The van der Waals surface area contributed by atoms with Gasteiger partial charge in [0.2, 0.25) is 0 Å². The Morgan fingerprint density at radius 3 is 2.37 bits per heavy atom. The molecule has 0 bridgehead atoms. The number of benzene rings is 2. The normalized spacial score (nSPS) is 11.6. The molecule has 0 aliphatic rings. The van der Waals surface area contributed by atoms with Crippen molar-refractivity contribution < 1.29 is 14.6 Å². The number of hydrogen-bond donors (Lipinski definition) is 3. The molecule has 1 amide bonds. The summed E-state index contributed by atoms with van der Waals surface area (Å²) in [5.41, 5.74) is 2.05. The van der Waals surface area contributed by atoms with Gasteiger partial charge in [0.25, 0.3) is 11.6 Å². The molecule has 3 N–H and O–H groups in total. The molecule has 1 unspecified atom stereocenters. The van der Waals surface area contributed by atoms with Crippen LogP contribution in [0.5, 0.6) is 0 Å². The minimum atomic E-state index is -0.431. The number of carbonyl (C=O) groups excluding carboxylic acids is 1. The van der Waals surface area contributed by atoms with Gasteiger partial charge in [-0.05, 0) is 30.5 Å². The van der Waals surface area contributed by atoms with Crippen molar-refractivity contribution in [2.75, 3.05) is 38.3 Å². The molecule has 0 heterocycles. The van der Waals surface area contributed by atoms with E-state index in [0.29, 0.717) is 19.6 Å². The largest absolute Gasteiger partial charge is 0.383 e. The topological polar surface area (TPSA) is 88.7 Å². The van der Waals surface area contributed by atoms with E-state index < -0.39 is 4.92 Å². The van der Waals surface area contributed by atoms with Crippen LogP contribution < -0.4 is 15.5 Å². The zero-order chi connectivity index (χ0) is 19.6. The van der Waals surface area contributed by atoms with Gasteiger partial charge in [0.1, 0.15) is 6.54 Å². The van der Waals surface area contributed by atoms with Gasteiger partial charge in [0.15, 0.2) is 6.54 Å². The molecule has 2 rings (SSSR count). The van der Waals surface area contributed by atoms with Gasteiger partial charge in [-0.3, -0.25) is 14.9 Å². The Morgan fingerprint density at radius 2 is 1.78 bits per heavy atom. The highest BCUT2D eigenvalue weighted by molar-refractivity contribution is 7.98. The molecule has 27 heavy (non-hydrogen) atoms. The lowest BCUT2D eigenvalue weighted by Crippen LogP contribution is -3.08. The average molecular weight is 390 g/mol. The first-order valence-corrected chi connectivity index (χ1v) is 9.89. The third-order valence-corrected chi connectivity index (χ3v) is 4.73. The predicted octanol–water partition coefficient (Wildman–Crippen LogP) is 1.56. The van der Waals surface area contributed by atoms with Crippen LogP contribution in [0.4, 0.5) is 11.4 Å². The lowest BCUT2D eigenvalue weighted by molar-refractivity contribution is -0.885. The first kappa shape index (κ1) is 20.7. The Labute approximate surface area is 163 Å². The predicted molar refractivity (Wildman–Crippen MR) is 108 cm³/mol. The quantitative estimate of drug-likeness (QED) is 0.248. The summed E-state index contributed by atoms with van der Waals surface area (Å²) >= 11 is 1.71. The molecule has 0 saturated heterocycles. The van der Waals surface area contributed by atoms with Crippen LogP contribution in [0.25, 0.3) is 0 Å². The molecule has 2 aromatic carbocycles. The number of amides is 1. The molecule has 0 aromatic heterocycles. The standard InChI is InChI=1S/C19H24N4O3S/c1-22(13-15-3-9-18(27-2)10-4-15)14-19(24)21-12-11-20-16-5-7-17(8-6-16)23(25)26/h3-10,20H,11-14H2,1-2H3,(H,21,24)/p+1. The van der Waals surface area contributed by atoms with Crippen LogP contribution in [0.15, 0.2) is 53.4 Å². The highest BCUT2D eigenvalue weighted by Gasteiger charge is 2.10. The van der Waals surface area contributed by atoms with Crippen molar-refractivity contribution in [3.05, 3.63) is 64.2 Å². The number of nitro benzene ring substituents is 1. The third kappa shape index (κ3) is 7.28. The van der Waals surface area contributed by atoms with Gasteiger partial charge in [-0.1, -0.05) is 12.1 Å². The fourth-order valence-corrected chi connectivity index (χ4v) is 3.01. The number of anilines is 1. The van der Waals surface area contributed by atoms with Gasteiger partial charge in [0, 0.05) is 41.4 Å². The molecule has 0 saturated carbocycles. The zero-order valence-corrected chi connectivity index (χ0v) is 16.3. The fourth-order valence-electron chi connectivity index (χ4n) is 2.60. The molecule has 2 aromatic rings. The Bertz CT molecular complexity index is 751. The summed E-state index contributed by atoms with van der Waals surface area (Å²) < 4.78 is 0. The molecule has 8 heteroatoms. The van der Waals surface area contributed by atoms with Crippen LogP contribution in [0, 0.1) is 10.1 Å². The number of likely N-dealkylation sites (N-methyl/N-ethyl adjacent to an activating group) is 1. The van der Waals surface area contributed by atoms with Crippen molar-refractivity contribution in [2.24, 2.45) is 0 Å². The summed E-state index contributed by atoms with van der Waals surface area (Å²) in [6.45, 7) is 2.25. The number of hydrogen-bond acceptors (Lipinski definition) is 5. The maximum Gasteiger partial charge on any atom is 0.275 e. The zero-order valence-electron chi connectivity index (χ0n) is 15.5. The number of thioether (sulfide) groups is 1. The maximum atomic E-state index is 12.0. The molecular weight excluding hydrogens is 364 g/mol. The molecule has 0 fully saturated rings. The second-order valence-corrected chi connectivity index (χ2v) is 7.12. The Morgan fingerprint density at radius 1 is 1.11 bits per heavy atom. The van der Waals surface area contributed by atoms with Crippen molar-refractivity contribution in [2.45, 2.75) is 11.4 Å². The van der Waals surface area contributed by atoms with E-state index in [9.17, 15) is 14.9 Å². The molecule has 0 aliphatic carbocycles. The van der Waals surface area contributed by atoms with Gasteiger partial charge < -0.3 is 15.5 Å². The summed E-state index contributed by atoms with van der Waals surface area (Å²) in [4.78, 5) is 24.6. The van der Waals surface area contributed by atoms with E-state index in [0.717, 1.165) is 17.1 Å². The lowest BCUT2D eigenvalue weighted by atomic mass is 10.2. The molecule has 0 spiro atoms. The highest BCUT2D eigenvalue weighted by atomic mass is 32.2. The molecule has 7 nitrogen and oxygen atoms in total. The first-order valence-electron chi connectivity index (χ1n) is 8.67. The van der Waals surface area contributed by atoms with E-state index in [1.807, 2.05) is 13.3 Å². The van der Waals surface area contributed by atoms with Crippen molar-refractivity contribution >= 4 is 29.0 Å². The monoisotopic (exact) mass is 389 g/mol.